The SMILES string of the molecule is CCc1nc(C(=O)Nc2cccc(B3OC(C)(C)C(C)(C)O3)c2C)n(C)c1CCC#CC(=O)OC(C)(C)C.[HH]. The van der Waals surface area contributed by atoms with Crippen molar-refractivity contribution in [2.45, 2.75) is 98.4 Å². The van der Waals surface area contributed by atoms with E-state index in [2.05, 4.69) is 22.1 Å². The van der Waals surface area contributed by atoms with Crippen molar-refractivity contribution in [3.63, 3.8) is 0 Å². The number of nitrogens with zero attached hydrogens (tertiary/aromatic N) is 2. The van der Waals surface area contributed by atoms with Crippen molar-refractivity contribution in [2.24, 2.45) is 7.05 Å². The molecule has 1 saturated heterocycles. The minimum atomic E-state index is -0.576. The van der Waals surface area contributed by atoms with E-state index in [0.717, 1.165) is 22.4 Å². The predicted molar refractivity (Wildman–Crippen MR) is 151 cm³/mol. The monoisotopic (exact) mass is 523 g/mol. The van der Waals surface area contributed by atoms with Crippen LogP contribution in [0.1, 0.15) is 90.8 Å². The quantitative estimate of drug-likeness (QED) is 0.262. The molecule has 1 N–H and O–H groups in total. The second-order valence-corrected chi connectivity index (χ2v) is 11.6. The van der Waals surface area contributed by atoms with Gasteiger partial charge in [0.2, 0.25) is 0 Å². The summed E-state index contributed by atoms with van der Waals surface area (Å²) in [6.07, 6.45) is 1.68. The van der Waals surface area contributed by atoms with E-state index in [1.54, 1.807) is 25.3 Å². The summed E-state index contributed by atoms with van der Waals surface area (Å²) in [7, 11) is 1.30. The Morgan fingerprint density at radius 2 is 1.82 bits per heavy atom. The van der Waals surface area contributed by atoms with Crippen molar-refractivity contribution < 1.29 is 25.1 Å². The van der Waals surface area contributed by atoms with E-state index in [9.17, 15) is 9.59 Å². The Morgan fingerprint density at radius 3 is 2.39 bits per heavy atom. The van der Waals surface area contributed by atoms with Crippen molar-refractivity contribution in [1.29, 1.82) is 0 Å². The molecule has 1 aromatic carbocycles. The van der Waals surface area contributed by atoms with E-state index in [1.807, 2.05) is 66.8 Å². The minimum Gasteiger partial charge on any atom is -0.450 e. The Kier molecular flexibility index (Phi) is 8.50. The zero-order chi connectivity index (χ0) is 28.5. The fourth-order valence-electron chi connectivity index (χ4n) is 4.20. The van der Waals surface area contributed by atoms with Crippen molar-refractivity contribution in [1.82, 2.24) is 9.55 Å². The van der Waals surface area contributed by atoms with Gasteiger partial charge in [0.25, 0.3) is 5.91 Å². The molecule has 2 heterocycles. The molecule has 0 atom stereocenters. The highest BCUT2D eigenvalue weighted by Gasteiger charge is 2.52. The van der Waals surface area contributed by atoms with Crippen LogP contribution in [0.25, 0.3) is 0 Å². The maximum absolute atomic E-state index is 13.3. The van der Waals surface area contributed by atoms with Crippen LogP contribution in [-0.2, 0) is 38.7 Å². The lowest BCUT2D eigenvalue weighted by molar-refractivity contribution is -0.147. The van der Waals surface area contributed by atoms with Crippen LogP contribution in [0, 0.1) is 18.8 Å². The number of ether oxygens (including phenoxy) is 1. The molecule has 2 aromatic rings. The summed E-state index contributed by atoms with van der Waals surface area (Å²) in [4.78, 5) is 29.8. The van der Waals surface area contributed by atoms with Gasteiger partial charge in [-0.15, -0.1) is 0 Å². The van der Waals surface area contributed by atoms with Crippen LogP contribution in [-0.4, -0.2) is 45.3 Å². The van der Waals surface area contributed by atoms with Gasteiger partial charge in [0.15, 0.2) is 5.82 Å². The van der Waals surface area contributed by atoms with Crippen LogP contribution in [0.2, 0.25) is 0 Å². The summed E-state index contributed by atoms with van der Waals surface area (Å²) in [6, 6.07) is 5.70. The van der Waals surface area contributed by atoms with E-state index in [0.29, 0.717) is 30.8 Å². The summed E-state index contributed by atoms with van der Waals surface area (Å²) in [6.45, 7) is 17.4. The molecule has 0 saturated carbocycles. The van der Waals surface area contributed by atoms with E-state index in [-0.39, 0.29) is 7.33 Å². The molecule has 0 bridgehead atoms. The van der Waals surface area contributed by atoms with Gasteiger partial charge in [-0.3, -0.25) is 4.79 Å². The number of anilines is 1. The van der Waals surface area contributed by atoms with Gasteiger partial charge in [0, 0.05) is 38.6 Å². The number of hydrogen-bond acceptors (Lipinski definition) is 6. The van der Waals surface area contributed by atoms with Gasteiger partial charge in [-0.1, -0.05) is 25.0 Å². The molecule has 0 aliphatic carbocycles. The molecule has 1 fully saturated rings. The number of nitrogens with one attached hydrogen (secondary N) is 1. The molecule has 1 aliphatic heterocycles. The van der Waals surface area contributed by atoms with Gasteiger partial charge < -0.3 is 23.9 Å². The van der Waals surface area contributed by atoms with Gasteiger partial charge in [-0.05, 0) is 78.9 Å². The molecular weight excluding hydrogens is 481 g/mol. The molecule has 0 unspecified atom stereocenters. The molecule has 206 valence electrons. The highest BCUT2D eigenvalue weighted by Crippen LogP contribution is 2.37. The van der Waals surface area contributed by atoms with E-state index in [4.69, 9.17) is 14.0 Å². The molecule has 0 radical (unpaired) electrons. The van der Waals surface area contributed by atoms with E-state index < -0.39 is 29.9 Å². The second-order valence-electron chi connectivity index (χ2n) is 11.6. The van der Waals surface area contributed by atoms with Gasteiger partial charge in [-0.25, -0.2) is 9.78 Å². The maximum Gasteiger partial charge on any atom is 0.495 e. The first kappa shape index (κ1) is 29.5. The molecule has 9 heteroatoms. The molecule has 0 spiro atoms. The van der Waals surface area contributed by atoms with Crippen molar-refractivity contribution in [3.05, 3.63) is 41.0 Å². The van der Waals surface area contributed by atoms with Crippen molar-refractivity contribution in [2.75, 3.05) is 5.32 Å². The molecular formula is C29H42BN3O5. The van der Waals surface area contributed by atoms with Gasteiger partial charge >= 0.3 is 13.1 Å². The molecule has 1 aliphatic rings. The third-order valence-electron chi connectivity index (χ3n) is 7.04. The molecule has 3 rings (SSSR count). The predicted octanol–water partition coefficient (Wildman–Crippen LogP) is 4.37. The Labute approximate surface area is 228 Å². The first-order valence-corrected chi connectivity index (χ1v) is 13.1. The number of imidazole rings is 1. The third kappa shape index (κ3) is 6.48. The third-order valence-corrected chi connectivity index (χ3v) is 7.04. The topological polar surface area (TPSA) is 91.7 Å². The molecule has 1 aromatic heterocycles. The average molecular weight is 523 g/mol. The molecule has 1 amide bonds. The number of amides is 1. The van der Waals surface area contributed by atoms with Gasteiger partial charge in [0.1, 0.15) is 5.60 Å². The number of aromatic nitrogens is 2. The highest BCUT2D eigenvalue weighted by molar-refractivity contribution is 6.62. The first-order chi connectivity index (χ1) is 17.6. The van der Waals surface area contributed by atoms with Crippen LogP contribution in [0.4, 0.5) is 5.69 Å². The van der Waals surface area contributed by atoms with Crippen LogP contribution in [0.15, 0.2) is 18.2 Å². The minimum absolute atomic E-state index is 0. The van der Waals surface area contributed by atoms with Crippen molar-refractivity contribution in [3.8, 4) is 11.8 Å². The number of aryl methyl sites for hydroxylation is 1. The Hall–Kier alpha value is -3.09. The summed E-state index contributed by atoms with van der Waals surface area (Å²) in [5, 5.41) is 3.02. The lowest BCUT2D eigenvalue weighted by Crippen LogP contribution is -2.41. The van der Waals surface area contributed by atoms with E-state index >= 15 is 0 Å². The number of benzene rings is 1. The summed E-state index contributed by atoms with van der Waals surface area (Å²) < 4.78 is 19.5. The second kappa shape index (κ2) is 11.0. The average Bonchev–Trinajstić information content (AvgIpc) is 3.22. The van der Waals surface area contributed by atoms with Crippen molar-refractivity contribution >= 4 is 30.1 Å². The zero-order valence-electron chi connectivity index (χ0n) is 24.4. The molecule has 38 heavy (non-hydrogen) atoms. The van der Waals surface area contributed by atoms with Crippen LogP contribution in [0.5, 0.6) is 0 Å². The van der Waals surface area contributed by atoms with Gasteiger partial charge in [-0.2, -0.15) is 0 Å². The fourth-order valence-corrected chi connectivity index (χ4v) is 4.20. The summed E-state index contributed by atoms with van der Waals surface area (Å²) >= 11 is 0. The van der Waals surface area contributed by atoms with Crippen LogP contribution in [0.3, 0.4) is 0 Å². The largest absolute Gasteiger partial charge is 0.495 e. The lowest BCUT2D eigenvalue weighted by atomic mass is 9.76. The number of hydrogen-bond donors (Lipinski definition) is 1. The van der Waals surface area contributed by atoms with Crippen LogP contribution < -0.4 is 10.8 Å². The first-order valence-electron chi connectivity index (χ1n) is 13.1. The summed E-state index contributed by atoms with van der Waals surface area (Å²) in [5.74, 6) is 4.88. The molecule has 8 nitrogen and oxygen atoms in total. The summed E-state index contributed by atoms with van der Waals surface area (Å²) in [5.41, 5.74) is 2.68. The zero-order valence-corrected chi connectivity index (χ0v) is 24.4. The maximum atomic E-state index is 13.3. The normalized spacial score (nSPS) is 16.1. The Morgan fingerprint density at radius 1 is 1.18 bits per heavy atom. The Balaban J connectivity index is 0.00000533. The highest BCUT2D eigenvalue weighted by atomic mass is 16.7. The number of carbonyl (C=O) groups is 2. The van der Waals surface area contributed by atoms with E-state index in [1.165, 1.54) is 0 Å². The lowest BCUT2D eigenvalue weighted by Gasteiger charge is -2.32. The van der Waals surface area contributed by atoms with Gasteiger partial charge in [0.05, 0.1) is 16.9 Å². The number of esters is 1. The smallest absolute Gasteiger partial charge is 0.450 e. The number of carbonyl (C=O) groups excluding carboxylic acids is 2. The Bertz CT molecular complexity index is 1270. The fraction of sp³-hybridized carbons (Fsp3) is 0.552. The van der Waals surface area contributed by atoms with Crippen LogP contribution >= 0.6 is 0 Å². The number of rotatable bonds is 6. The standard InChI is InChI=1S/C29H40BN3O5.H2/c1-11-21-23(17-12-13-18-24(34)36-27(3,4)5)33(10)25(31-21)26(35)32-22-16-14-15-20(19(22)2)30-37-28(6,7)29(8,9)38-30;/h14-16H,11-12,17H2,1-10H3,(H,32,35);1H.